The van der Waals surface area contributed by atoms with E-state index in [9.17, 15) is 43.2 Å². The molecule has 1 aromatic rings. The number of carbonyl (C=O) groups excluding carboxylic acids is 9. The van der Waals surface area contributed by atoms with Crippen LogP contribution in [0.15, 0.2) is 18.2 Å². The molecule has 1 unspecified atom stereocenters. The lowest BCUT2D eigenvalue weighted by Gasteiger charge is -2.43. The first-order valence-corrected chi connectivity index (χ1v) is 15.1. The number of β-lactam (4-membered cyclic amide) rings is 1. The van der Waals surface area contributed by atoms with Crippen LogP contribution in [0.3, 0.4) is 0 Å². The first-order chi connectivity index (χ1) is 22.2. The maximum atomic E-state index is 13.8. The van der Waals surface area contributed by atoms with E-state index in [0.717, 1.165) is 24.9 Å². The predicted octanol–water partition coefficient (Wildman–Crippen LogP) is -1.61. The van der Waals surface area contributed by atoms with Crippen molar-refractivity contribution in [2.75, 3.05) is 19.6 Å². The SMILES string of the molecule is CCN1CCN(N(C=O)C(C(=O)NOC(=O)[C@@H]2N3C(=O)[C@@H](NC=O)[C@H]3SC2(C)C)c2ccc(OC(C)=O)c(OC(C)=O)c2)C(=O)C1=O. The number of amides is 6. The van der Waals surface area contributed by atoms with E-state index in [1.807, 2.05) is 5.48 Å². The van der Waals surface area contributed by atoms with E-state index in [2.05, 4.69) is 5.32 Å². The van der Waals surface area contributed by atoms with Gasteiger partial charge in [0.1, 0.15) is 17.5 Å². The number of hydrazine groups is 1. The maximum Gasteiger partial charge on any atom is 0.355 e. The third-order valence-corrected chi connectivity index (χ3v) is 9.09. The van der Waals surface area contributed by atoms with E-state index in [1.165, 1.54) is 33.7 Å². The Labute approximate surface area is 271 Å². The molecule has 3 aliphatic rings. The number of carbonyl (C=O) groups is 9. The normalized spacial score (nSPS) is 21.9. The van der Waals surface area contributed by atoms with Crippen molar-refractivity contribution in [3.63, 3.8) is 0 Å². The van der Waals surface area contributed by atoms with Crippen LogP contribution in [0.1, 0.15) is 46.2 Å². The molecule has 0 radical (unpaired) electrons. The van der Waals surface area contributed by atoms with Gasteiger partial charge in [0.25, 0.3) is 5.91 Å². The van der Waals surface area contributed by atoms with Gasteiger partial charge in [0.05, 0.1) is 6.54 Å². The van der Waals surface area contributed by atoms with Gasteiger partial charge in [-0.15, -0.1) is 11.8 Å². The third kappa shape index (κ3) is 6.69. The van der Waals surface area contributed by atoms with Crippen LogP contribution in [0, 0.1) is 0 Å². The van der Waals surface area contributed by atoms with Crippen LogP contribution in [0.25, 0.3) is 0 Å². The van der Waals surface area contributed by atoms with Crippen LogP contribution < -0.4 is 20.3 Å². The molecule has 6 amide bonds. The second kappa shape index (κ2) is 13.7. The first kappa shape index (κ1) is 34.7. The number of nitrogens with zero attached hydrogens (tertiary/aromatic N) is 4. The van der Waals surface area contributed by atoms with Gasteiger partial charge < -0.3 is 29.4 Å². The van der Waals surface area contributed by atoms with Gasteiger partial charge in [-0.2, -0.15) is 5.48 Å². The summed E-state index contributed by atoms with van der Waals surface area (Å²) in [7, 11) is 0. The van der Waals surface area contributed by atoms with E-state index in [1.54, 1.807) is 20.8 Å². The Morgan fingerprint density at radius 2 is 1.70 bits per heavy atom. The molecule has 19 heteroatoms. The van der Waals surface area contributed by atoms with Crippen LogP contribution in [0.4, 0.5) is 0 Å². The van der Waals surface area contributed by atoms with Crippen molar-refractivity contribution >= 4 is 66.1 Å². The average Bonchev–Trinajstić information content (AvgIpc) is 3.26. The van der Waals surface area contributed by atoms with Gasteiger partial charge in [-0.1, -0.05) is 6.07 Å². The number of nitrogens with one attached hydrogen (secondary N) is 2. The van der Waals surface area contributed by atoms with Crippen LogP contribution in [-0.4, -0.2) is 116 Å². The lowest BCUT2D eigenvalue weighted by atomic mass is 9.96. The van der Waals surface area contributed by atoms with Crippen molar-refractivity contribution in [3.8, 4) is 11.5 Å². The van der Waals surface area contributed by atoms with Crippen LogP contribution in [0.2, 0.25) is 0 Å². The Balaban J connectivity index is 1.66. The van der Waals surface area contributed by atoms with Crippen molar-refractivity contribution in [2.45, 2.75) is 62.9 Å². The molecule has 2 N–H and O–H groups in total. The molecule has 1 aromatic carbocycles. The maximum absolute atomic E-state index is 13.8. The monoisotopic (exact) mass is 676 g/mol. The Kier molecular flexibility index (Phi) is 10.1. The zero-order valence-electron chi connectivity index (χ0n) is 25.9. The lowest BCUT2D eigenvalue weighted by molar-refractivity contribution is -0.181. The van der Waals surface area contributed by atoms with Crippen molar-refractivity contribution < 1.29 is 57.5 Å². The number of rotatable bonds is 11. The highest BCUT2D eigenvalue weighted by Crippen LogP contribution is 2.51. The number of ether oxygens (including phenoxy) is 2. The van der Waals surface area contributed by atoms with E-state index < -0.39 is 69.8 Å². The minimum atomic E-state index is -1.82. The summed E-state index contributed by atoms with van der Waals surface area (Å²) in [5.41, 5.74) is 1.86. The Hall–Kier alpha value is -5.20. The highest BCUT2D eigenvalue weighted by atomic mass is 32.2. The molecule has 0 spiro atoms. The fourth-order valence-electron chi connectivity index (χ4n) is 5.47. The fraction of sp³-hybridized carbons (Fsp3) is 0.464. The quantitative estimate of drug-likeness (QED) is 0.0674. The third-order valence-electron chi connectivity index (χ3n) is 7.52. The summed E-state index contributed by atoms with van der Waals surface area (Å²) in [4.78, 5) is 120. The summed E-state index contributed by atoms with van der Waals surface area (Å²) in [5.74, 6) is -6.93. The number of esters is 2. The molecule has 252 valence electrons. The van der Waals surface area contributed by atoms with Crippen LogP contribution in [0.5, 0.6) is 11.5 Å². The molecule has 3 saturated heterocycles. The summed E-state index contributed by atoms with van der Waals surface area (Å²) in [6, 6.07) is -0.361. The largest absolute Gasteiger partial charge is 0.423 e. The van der Waals surface area contributed by atoms with Gasteiger partial charge in [0.2, 0.25) is 18.7 Å². The highest BCUT2D eigenvalue weighted by molar-refractivity contribution is 8.01. The number of fused-ring (bicyclic) bond motifs is 1. The molecule has 3 fully saturated rings. The fourth-order valence-corrected chi connectivity index (χ4v) is 7.10. The number of hydroxylamine groups is 1. The van der Waals surface area contributed by atoms with E-state index >= 15 is 0 Å². The number of likely N-dealkylation sites (N-methyl/N-ethyl adjacent to an activating group) is 1. The zero-order chi connectivity index (χ0) is 34.8. The topological polar surface area (TPSA) is 218 Å². The smallest absolute Gasteiger partial charge is 0.355 e. The average molecular weight is 677 g/mol. The summed E-state index contributed by atoms with van der Waals surface area (Å²) < 4.78 is 9.31. The molecule has 0 aliphatic carbocycles. The van der Waals surface area contributed by atoms with Crippen molar-refractivity contribution in [2.24, 2.45) is 0 Å². The molecule has 4 atom stereocenters. The Morgan fingerprint density at radius 1 is 1.04 bits per heavy atom. The molecule has 18 nitrogen and oxygen atoms in total. The standard InChI is InChI=1S/C28H32N6O12S/c1-6-31-9-10-32(25(42)24(31)41)33(13-36)20(16-7-8-17(44-14(2)37)18(11-16)45-15(3)38)22(39)30-46-27(43)21-28(4,5)47-26-19(29-12-35)23(40)34(21)26/h7-8,11-13,19-21,26H,6,9-10H2,1-5H3,(H,29,35)(H,30,39)/t19-,20?,21+,26-/m1/s1. The summed E-state index contributed by atoms with van der Waals surface area (Å²) in [5, 5.41) is 3.22. The molecule has 47 heavy (non-hydrogen) atoms. The highest BCUT2D eigenvalue weighted by Gasteiger charge is 2.64. The summed E-state index contributed by atoms with van der Waals surface area (Å²) >= 11 is 1.24. The van der Waals surface area contributed by atoms with E-state index in [-0.39, 0.29) is 43.1 Å². The second-order valence-corrected chi connectivity index (χ2v) is 12.8. The molecule has 0 bridgehead atoms. The molecule has 0 saturated carbocycles. The second-order valence-electron chi connectivity index (χ2n) is 11.0. The molecule has 4 rings (SSSR count). The van der Waals surface area contributed by atoms with Crippen LogP contribution in [-0.2, 0) is 48.0 Å². The Bertz CT molecular complexity index is 1530. The first-order valence-electron chi connectivity index (χ1n) is 14.2. The predicted molar refractivity (Wildman–Crippen MR) is 157 cm³/mol. The van der Waals surface area contributed by atoms with Gasteiger partial charge in [-0.3, -0.25) is 38.4 Å². The van der Waals surface area contributed by atoms with E-state index in [0.29, 0.717) is 11.4 Å². The summed E-state index contributed by atoms with van der Waals surface area (Å²) in [6.45, 7) is 7.22. The van der Waals surface area contributed by atoms with Crippen molar-refractivity contribution in [3.05, 3.63) is 23.8 Å². The molecular formula is C28H32N6O12S. The molecule has 3 heterocycles. The van der Waals surface area contributed by atoms with E-state index in [4.69, 9.17) is 14.3 Å². The lowest BCUT2D eigenvalue weighted by Crippen LogP contribution is -2.70. The molecular weight excluding hydrogens is 644 g/mol. The number of thioether (sulfide) groups is 1. The summed E-state index contributed by atoms with van der Waals surface area (Å²) in [6.07, 6.45) is 0.495. The van der Waals surface area contributed by atoms with Gasteiger partial charge in [0.15, 0.2) is 17.5 Å². The number of piperazine rings is 1. The minimum absolute atomic E-state index is 0.0260. The number of benzene rings is 1. The number of hydrogen-bond acceptors (Lipinski definition) is 13. The molecule has 0 aromatic heterocycles. The zero-order valence-corrected chi connectivity index (χ0v) is 26.7. The van der Waals surface area contributed by atoms with Gasteiger partial charge >= 0.3 is 29.7 Å². The molecule has 3 aliphatic heterocycles. The van der Waals surface area contributed by atoms with Gasteiger partial charge in [-0.25, -0.2) is 14.8 Å². The minimum Gasteiger partial charge on any atom is -0.423 e. The Morgan fingerprint density at radius 3 is 2.30 bits per heavy atom. The van der Waals surface area contributed by atoms with Gasteiger partial charge in [-0.05, 0) is 38.5 Å². The van der Waals surface area contributed by atoms with Crippen molar-refractivity contribution in [1.29, 1.82) is 0 Å². The van der Waals surface area contributed by atoms with Gasteiger partial charge in [0, 0.05) is 31.7 Å². The van der Waals surface area contributed by atoms with Crippen LogP contribution >= 0.6 is 11.8 Å². The number of hydrogen-bond donors (Lipinski definition) is 2. The van der Waals surface area contributed by atoms with Crippen molar-refractivity contribution in [1.82, 2.24) is 30.6 Å².